The van der Waals surface area contributed by atoms with Gasteiger partial charge in [-0.05, 0) is 50.6 Å². The van der Waals surface area contributed by atoms with Gasteiger partial charge in [0, 0.05) is 0 Å². The Morgan fingerprint density at radius 2 is 2.16 bits per heavy atom. The van der Waals surface area contributed by atoms with Gasteiger partial charge in [0.15, 0.2) is 0 Å². The highest BCUT2D eigenvalue weighted by molar-refractivity contribution is 5.23. The van der Waals surface area contributed by atoms with Gasteiger partial charge in [0.25, 0.3) is 0 Å². The van der Waals surface area contributed by atoms with Gasteiger partial charge in [-0.3, -0.25) is 0 Å². The Balaban J connectivity index is 2.33. The lowest BCUT2D eigenvalue weighted by molar-refractivity contribution is -0.0452. The summed E-state index contributed by atoms with van der Waals surface area (Å²) < 4.78 is 13.4. The van der Waals surface area contributed by atoms with Crippen molar-refractivity contribution in [2.24, 2.45) is 5.92 Å². The predicted molar refractivity (Wildman–Crippen MR) is 75.4 cm³/mol. The maximum absolute atomic E-state index is 13.4. The van der Waals surface area contributed by atoms with E-state index in [2.05, 4.69) is 11.8 Å². The van der Waals surface area contributed by atoms with Crippen molar-refractivity contribution in [1.82, 2.24) is 4.90 Å². The van der Waals surface area contributed by atoms with Crippen LogP contribution in [0.25, 0.3) is 0 Å². The first kappa shape index (κ1) is 14.5. The van der Waals surface area contributed by atoms with Crippen molar-refractivity contribution in [2.75, 3.05) is 14.1 Å². The Kier molecular flexibility index (Phi) is 4.26. The summed E-state index contributed by atoms with van der Waals surface area (Å²) in [5.74, 6) is 0.314. The lowest BCUT2D eigenvalue weighted by Gasteiger charge is -2.48. The van der Waals surface area contributed by atoms with Crippen LogP contribution in [0.5, 0.6) is 0 Å². The Labute approximate surface area is 115 Å². The molecule has 1 aliphatic carbocycles. The first-order valence-corrected chi connectivity index (χ1v) is 7.06. The number of hydrogen-bond donors (Lipinski definition) is 1. The molecule has 1 N–H and O–H groups in total. The first-order valence-electron chi connectivity index (χ1n) is 7.06. The minimum absolute atomic E-state index is 0.272. The van der Waals surface area contributed by atoms with Crippen LogP contribution in [0.2, 0.25) is 0 Å². The zero-order chi connectivity index (χ0) is 14.0. The molecule has 1 fully saturated rings. The average molecular weight is 265 g/mol. The zero-order valence-corrected chi connectivity index (χ0v) is 12.1. The topological polar surface area (TPSA) is 23.5 Å². The van der Waals surface area contributed by atoms with Gasteiger partial charge in [0.1, 0.15) is 5.82 Å². The van der Waals surface area contributed by atoms with Crippen LogP contribution < -0.4 is 0 Å². The van der Waals surface area contributed by atoms with Gasteiger partial charge >= 0.3 is 0 Å². The summed E-state index contributed by atoms with van der Waals surface area (Å²) in [6.45, 7) is 2.23. The van der Waals surface area contributed by atoms with Crippen LogP contribution >= 0.6 is 0 Å². The summed E-state index contributed by atoms with van der Waals surface area (Å²) in [6, 6.07) is 6.36. The molecule has 2 rings (SSSR count). The smallest absolute Gasteiger partial charge is 0.123 e. The van der Waals surface area contributed by atoms with Gasteiger partial charge in [-0.15, -0.1) is 0 Å². The number of hydrogen-bond acceptors (Lipinski definition) is 2. The Morgan fingerprint density at radius 3 is 2.74 bits per heavy atom. The fourth-order valence-corrected chi connectivity index (χ4v) is 3.45. The van der Waals surface area contributed by atoms with Crippen LogP contribution in [-0.2, 0) is 0 Å². The third-order valence-electron chi connectivity index (χ3n) is 4.57. The molecule has 19 heavy (non-hydrogen) atoms. The number of aliphatic hydroxyl groups excluding tert-OH is 1. The predicted octanol–water partition coefficient (Wildman–Crippen LogP) is 3.37. The molecule has 0 aliphatic heterocycles. The van der Waals surface area contributed by atoms with E-state index >= 15 is 0 Å². The molecule has 1 aliphatic rings. The quantitative estimate of drug-likeness (QED) is 0.905. The molecule has 0 spiro atoms. The van der Waals surface area contributed by atoms with Crippen molar-refractivity contribution in [3.05, 3.63) is 35.6 Å². The number of aliphatic hydroxyl groups is 1. The molecule has 0 saturated heterocycles. The third-order valence-corrected chi connectivity index (χ3v) is 4.57. The molecule has 0 radical (unpaired) electrons. The van der Waals surface area contributed by atoms with E-state index < -0.39 is 6.10 Å². The van der Waals surface area contributed by atoms with E-state index in [9.17, 15) is 9.50 Å². The fraction of sp³-hybridized carbons (Fsp3) is 0.625. The van der Waals surface area contributed by atoms with Crippen molar-refractivity contribution in [3.63, 3.8) is 0 Å². The van der Waals surface area contributed by atoms with Crippen molar-refractivity contribution in [1.29, 1.82) is 0 Å². The highest BCUT2D eigenvalue weighted by Gasteiger charge is 2.43. The summed E-state index contributed by atoms with van der Waals surface area (Å²) in [4.78, 5) is 2.12. The number of halogens is 1. The van der Waals surface area contributed by atoms with Gasteiger partial charge in [0.2, 0.25) is 0 Å². The number of nitrogens with zero attached hydrogens (tertiary/aromatic N) is 1. The Hall–Kier alpha value is -0.930. The van der Waals surface area contributed by atoms with Gasteiger partial charge in [0.05, 0.1) is 11.6 Å². The standard InChI is InChI=1S/C16H24FNO/c1-12-6-5-9-16(11-12,18(2)3)15(19)13-7-4-8-14(17)10-13/h4,7-8,10,12,15,19H,5-6,9,11H2,1-3H3. The van der Waals surface area contributed by atoms with Crippen molar-refractivity contribution in [3.8, 4) is 0 Å². The third kappa shape index (κ3) is 2.82. The second-order valence-electron chi connectivity index (χ2n) is 6.16. The van der Waals surface area contributed by atoms with Gasteiger partial charge in [-0.2, -0.15) is 0 Å². The van der Waals surface area contributed by atoms with Gasteiger partial charge < -0.3 is 10.0 Å². The minimum Gasteiger partial charge on any atom is -0.386 e. The maximum Gasteiger partial charge on any atom is 0.123 e. The number of rotatable bonds is 3. The van der Waals surface area contributed by atoms with Crippen LogP contribution in [0.15, 0.2) is 24.3 Å². The summed E-state index contributed by atoms with van der Waals surface area (Å²) in [5.41, 5.74) is 0.411. The van der Waals surface area contributed by atoms with E-state index in [4.69, 9.17) is 0 Å². The van der Waals surface area contributed by atoms with E-state index in [1.54, 1.807) is 6.07 Å². The average Bonchev–Trinajstić information content (AvgIpc) is 2.37. The first-order chi connectivity index (χ1) is 8.95. The Bertz CT molecular complexity index is 435. The molecule has 0 heterocycles. The lowest BCUT2D eigenvalue weighted by Crippen LogP contribution is -2.52. The van der Waals surface area contributed by atoms with Gasteiger partial charge in [-0.1, -0.05) is 31.9 Å². The molecule has 0 bridgehead atoms. The lowest BCUT2D eigenvalue weighted by atomic mass is 9.71. The summed E-state index contributed by atoms with van der Waals surface area (Å²) >= 11 is 0. The molecular weight excluding hydrogens is 241 g/mol. The van der Waals surface area contributed by atoms with Crippen molar-refractivity contribution < 1.29 is 9.50 Å². The maximum atomic E-state index is 13.4. The highest BCUT2D eigenvalue weighted by atomic mass is 19.1. The molecular formula is C16H24FNO. The van der Waals surface area contributed by atoms with Crippen LogP contribution in [-0.4, -0.2) is 29.6 Å². The summed E-state index contributed by atoms with van der Waals surface area (Å²) in [5, 5.41) is 10.8. The second kappa shape index (κ2) is 5.59. The monoisotopic (exact) mass is 265 g/mol. The van der Waals surface area contributed by atoms with Crippen LogP contribution in [0.4, 0.5) is 4.39 Å². The highest BCUT2D eigenvalue weighted by Crippen LogP contribution is 2.44. The van der Waals surface area contributed by atoms with E-state index in [-0.39, 0.29) is 11.4 Å². The van der Waals surface area contributed by atoms with Crippen LogP contribution in [0, 0.1) is 11.7 Å². The summed E-state index contributed by atoms with van der Waals surface area (Å²) in [7, 11) is 4.03. The van der Waals surface area contributed by atoms with E-state index in [0.717, 1.165) is 19.3 Å². The minimum atomic E-state index is -0.638. The van der Waals surface area contributed by atoms with Gasteiger partial charge in [-0.25, -0.2) is 4.39 Å². The Morgan fingerprint density at radius 1 is 1.42 bits per heavy atom. The normalized spacial score (nSPS) is 29.5. The van der Waals surface area contributed by atoms with Crippen LogP contribution in [0.3, 0.4) is 0 Å². The number of benzene rings is 1. The largest absolute Gasteiger partial charge is 0.386 e. The van der Waals surface area contributed by atoms with Crippen molar-refractivity contribution in [2.45, 2.75) is 44.2 Å². The molecule has 2 nitrogen and oxygen atoms in total. The number of likely N-dealkylation sites (N-methyl/N-ethyl adjacent to an activating group) is 1. The van der Waals surface area contributed by atoms with Crippen LogP contribution in [0.1, 0.15) is 44.3 Å². The molecule has 1 saturated carbocycles. The molecule has 3 heteroatoms. The van der Waals surface area contributed by atoms with E-state index in [1.807, 2.05) is 20.2 Å². The molecule has 3 unspecified atom stereocenters. The molecule has 3 atom stereocenters. The van der Waals surface area contributed by atoms with E-state index in [0.29, 0.717) is 11.5 Å². The van der Waals surface area contributed by atoms with Crippen molar-refractivity contribution >= 4 is 0 Å². The molecule has 106 valence electrons. The molecule has 0 amide bonds. The molecule has 1 aromatic carbocycles. The SMILES string of the molecule is CC1CCCC(C(O)c2cccc(F)c2)(N(C)C)C1. The zero-order valence-electron chi connectivity index (χ0n) is 12.1. The molecule has 1 aromatic rings. The molecule has 0 aromatic heterocycles. The summed E-state index contributed by atoms with van der Waals surface area (Å²) in [6.07, 6.45) is 3.61. The second-order valence-corrected chi connectivity index (χ2v) is 6.16. The fourth-order valence-electron chi connectivity index (χ4n) is 3.45. The van der Waals surface area contributed by atoms with E-state index in [1.165, 1.54) is 18.6 Å².